The number of carbonyl (C=O) groups excluding carboxylic acids is 2. The fourth-order valence-electron chi connectivity index (χ4n) is 1.77. The average Bonchev–Trinajstić information content (AvgIpc) is 2.47. The summed E-state index contributed by atoms with van der Waals surface area (Å²) >= 11 is 0. The number of hydrogen-bond acceptors (Lipinski definition) is 3. The van der Waals surface area contributed by atoms with Gasteiger partial charge < -0.3 is 11.1 Å². The van der Waals surface area contributed by atoms with Crippen molar-refractivity contribution in [2.24, 2.45) is 5.73 Å². The number of carbonyl (C=O) groups is 2. The van der Waals surface area contributed by atoms with Gasteiger partial charge in [-0.15, -0.1) is 0 Å². The topological polar surface area (TPSA) is 96.0 Å². The molecule has 3 N–H and O–H groups in total. The van der Waals surface area contributed by atoms with Crippen molar-refractivity contribution in [3.8, 4) is 6.07 Å². The van der Waals surface area contributed by atoms with Crippen LogP contribution in [0.3, 0.4) is 0 Å². The number of nitrogens with one attached hydrogen (secondary N) is 1. The summed E-state index contributed by atoms with van der Waals surface area (Å²) in [6.45, 7) is 0. The Morgan fingerprint density at radius 1 is 1.14 bits per heavy atom. The van der Waals surface area contributed by atoms with Crippen LogP contribution in [-0.2, 0) is 0 Å². The van der Waals surface area contributed by atoms with Gasteiger partial charge in [0, 0.05) is 0 Å². The van der Waals surface area contributed by atoms with Crippen LogP contribution in [0.4, 0.5) is 10.1 Å². The summed E-state index contributed by atoms with van der Waals surface area (Å²) in [5, 5.41) is 11.1. The van der Waals surface area contributed by atoms with Crippen molar-refractivity contribution in [3.05, 3.63) is 65.0 Å². The van der Waals surface area contributed by atoms with Crippen molar-refractivity contribution < 1.29 is 14.0 Å². The molecule has 0 spiro atoms. The molecule has 0 bridgehead atoms. The molecule has 0 aliphatic heterocycles. The number of hydrogen-bond donors (Lipinski definition) is 2. The predicted molar refractivity (Wildman–Crippen MR) is 74.0 cm³/mol. The van der Waals surface area contributed by atoms with E-state index in [9.17, 15) is 14.0 Å². The first-order valence-electron chi connectivity index (χ1n) is 5.92. The number of rotatable bonds is 3. The minimum absolute atomic E-state index is 0.113. The highest BCUT2D eigenvalue weighted by Gasteiger charge is 2.15. The zero-order valence-electron chi connectivity index (χ0n) is 10.8. The van der Waals surface area contributed by atoms with Crippen LogP contribution in [0.25, 0.3) is 0 Å². The molecule has 2 aromatic rings. The highest BCUT2D eigenvalue weighted by atomic mass is 19.1. The van der Waals surface area contributed by atoms with Gasteiger partial charge in [0.25, 0.3) is 11.8 Å². The van der Waals surface area contributed by atoms with Crippen LogP contribution < -0.4 is 11.1 Å². The Labute approximate surface area is 119 Å². The van der Waals surface area contributed by atoms with Gasteiger partial charge in [-0.3, -0.25) is 9.59 Å². The molecule has 0 saturated carbocycles. The Morgan fingerprint density at radius 2 is 1.86 bits per heavy atom. The molecule has 0 aliphatic carbocycles. The fraction of sp³-hybridized carbons (Fsp3) is 0. The van der Waals surface area contributed by atoms with Crippen LogP contribution in [0, 0.1) is 17.1 Å². The molecule has 0 aromatic heterocycles. The zero-order valence-corrected chi connectivity index (χ0v) is 10.8. The van der Waals surface area contributed by atoms with Gasteiger partial charge in [0.2, 0.25) is 0 Å². The molecular weight excluding hydrogens is 273 g/mol. The number of nitriles is 1. The van der Waals surface area contributed by atoms with Gasteiger partial charge in [-0.1, -0.05) is 12.1 Å². The van der Waals surface area contributed by atoms with Crippen LogP contribution in [0.1, 0.15) is 26.3 Å². The Morgan fingerprint density at radius 3 is 2.48 bits per heavy atom. The van der Waals surface area contributed by atoms with Crippen molar-refractivity contribution in [1.82, 2.24) is 0 Å². The number of halogens is 1. The van der Waals surface area contributed by atoms with Gasteiger partial charge in [-0.25, -0.2) is 4.39 Å². The maximum Gasteiger partial charge on any atom is 0.258 e. The van der Waals surface area contributed by atoms with Gasteiger partial charge in [0.15, 0.2) is 0 Å². The van der Waals surface area contributed by atoms with Gasteiger partial charge in [-0.2, -0.15) is 5.26 Å². The number of primary amides is 1. The van der Waals surface area contributed by atoms with Crippen LogP contribution in [0.5, 0.6) is 0 Å². The number of nitrogens with zero attached hydrogens (tertiary/aromatic N) is 1. The molecule has 0 saturated heterocycles. The quantitative estimate of drug-likeness (QED) is 0.902. The molecule has 0 unspecified atom stereocenters. The lowest BCUT2D eigenvalue weighted by atomic mass is 10.1. The smallest absolute Gasteiger partial charge is 0.258 e. The molecule has 104 valence electrons. The highest BCUT2D eigenvalue weighted by Crippen LogP contribution is 2.17. The van der Waals surface area contributed by atoms with Crippen LogP contribution in [0.15, 0.2) is 42.5 Å². The molecule has 0 aliphatic rings. The molecule has 5 nitrogen and oxygen atoms in total. The van der Waals surface area contributed by atoms with E-state index < -0.39 is 17.6 Å². The maximum atomic E-state index is 13.7. The predicted octanol–water partition coefficient (Wildman–Crippen LogP) is 2.05. The van der Waals surface area contributed by atoms with Crippen LogP contribution in [0.2, 0.25) is 0 Å². The number of amides is 2. The van der Waals surface area contributed by atoms with Gasteiger partial charge in [0.05, 0.1) is 28.4 Å². The summed E-state index contributed by atoms with van der Waals surface area (Å²) in [5.41, 5.74) is 5.40. The third-order valence-corrected chi connectivity index (χ3v) is 2.78. The molecule has 0 atom stereocenters. The molecule has 0 heterocycles. The second kappa shape index (κ2) is 5.84. The Balaban J connectivity index is 2.31. The molecule has 0 radical (unpaired) electrons. The lowest BCUT2D eigenvalue weighted by molar-refractivity contribution is 0.100. The minimum atomic E-state index is -0.817. The van der Waals surface area contributed by atoms with Crippen molar-refractivity contribution >= 4 is 17.5 Å². The molecule has 2 amide bonds. The number of anilines is 1. The first-order chi connectivity index (χ1) is 10.0. The van der Waals surface area contributed by atoms with E-state index in [0.717, 1.165) is 6.07 Å². The minimum Gasteiger partial charge on any atom is -0.366 e. The third-order valence-electron chi connectivity index (χ3n) is 2.78. The van der Waals surface area contributed by atoms with Crippen LogP contribution in [-0.4, -0.2) is 11.8 Å². The van der Waals surface area contributed by atoms with Gasteiger partial charge in [0.1, 0.15) is 5.82 Å². The van der Waals surface area contributed by atoms with Crippen LogP contribution >= 0.6 is 0 Å². The Kier molecular flexibility index (Phi) is 3.95. The van der Waals surface area contributed by atoms with E-state index in [0.29, 0.717) is 0 Å². The van der Waals surface area contributed by atoms with E-state index in [1.807, 2.05) is 0 Å². The second-order valence-electron chi connectivity index (χ2n) is 4.17. The largest absolute Gasteiger partial charge is 0.366 e. The summed E-state index contributed by atoms with van der Waals surface area (Å²) in [4.78, 5) is 23.3. The highest BCUT2D eigenvalue weighted by molar-refractivity contribution is 6.08. The maximum absolute atomic E-state index is 13.7. The van der Waals surface area contributed by atoms with Gasteiger partial charge in [-0.05, 0) is 30.3 Å². The Hall–Kier alpha value is -3.20. The SMILES string of the molecule is N#Cc1ccc(C(=O)Nc2ccccc2C(N)=O)c(F)c1. The number of para-hydroxylation sites is 1. The van der Waals surface area contributed by atoms with E-state index in [2.05, 4.69) is 5.32 Å². The molecule has 6 heteroatoms. The van der Waals surface area contributed by atoms with Gasteiger partial charge >= 0.3 is 0 Å². The summed E-state index contributed by atoms with van der Waals surface area (Å²) < 4.78 is 13.7. The van der Waals surface area contributed by atoms with E-state index >= 15 is 0 Å². The molecule has 0 fully saturated rings. The van der Waals surface area contributed by atoms with E-state index in [1.54, 1.807) is 18.2 Å². The summed E-state index contributed by atoms with van der Waals surface area (Å²) in [7, 11) is 0. The lowest BCUT2D eigenvalue weighted by Gasteiger charge is -2.09. The monoisotopic (exact) mass is 283 g/mol. The van der Waals surface area contributed by atoms with Crippen molar-refractivity contribution in [1.29, 1.82) is 5.26 Å². The average molecular weight is 283 g/mol. The van der Waals surface area contributed by atoms with E-state index in [1.165, 1.54) is 24.3 Å². The summed E-state index contributed by atoms with van der Waals surface area (Å²) in [5.74, 6) is -2.25. The molecule has 2 aromatic carbocycles. The number of benzene rings is 2. The third kappa shape index (κ3) is 3.04. The standard InChI is InChI=1S/C15H10FN3O2/c16-12-7-9(8-17)5-6-10(12)15(21)19-13-4-2-1-3-11(13)14(18)20/h1-7H,(H2,18,20)(H,19,21). The molecule has 21 heavy (non-hydrogen) atoms. The lowest BCUT2D eigenvalue weighted by Crippen LogP contribution is -2.19. The Bertz CT molecular complexity index is 766. The molecule has 2 rings (SSSR count). The van der Waals surface area contributed by atoms with E-state index in [-0.39, 0.29) is 22.4 Å². The van der Waals surface area contributed by atoms with Crippen molar-refractivity contribution in [2.75, 3.05) is 5.32 Å². The first kappa shape index (κ1) is 14.2. The van der Waals surface area contributed by atoms with Crippen molar-refractivity contribution in [2.45, 2.75) is 0 Å². The first-order valence-corrected chi connectivity index (χ1v) is 5.92. The molecular formula is C15H10FN3O2. The zero-order chi connectivity index (χ0) is 15.4. The van der Waals surface area contributed by atoms with Crippen molar-refractivity contribution in [3.63, 3.8) is 0 Å². The van der Waals surface area contributed by atoms with E-state index in [4.69, 9.17) is 11.0 Å². The normalized spacial score (nSPS) is 9.71. The fourth-order valence-corrected chi connectivity index (χ4v) is 1.77. The summed E-state index contributed by atoms with van der Waals surface area (Å²) in [6.07, 6.45) is 0. The number of nitrogens with two attached hydrogens (primary N) is 1. The summed E-state index contributed by atoms with van der Waals surface area (Å²) in [6, 6.07) is 11.4. The second-order valence-corrected chi connectivity index (χ2v) is 4.17.